The van der Waals surface area contributed by atoms with Crippen LogP contribution in [0.15, 0.2) is 164 Å². The highest BCUT2D eigenvalue weighted by molar-refractivity contribution is 7.26. The van der Waals surface area contributed by atoms with Crippen LogP contribution in [0, 0.1) is 0 Å². The SMILES string of the molecule is c1ccc(-c2cccc(N(c3cccc(-c4ccc5ccccc5c4)c3)c3cccc4c3sc3ccccc34)c2)cc1. The number of anilines is 3. The van der Waals surface area contributed by atoms with Crippen LogP contribution in [0.2, 0.25) is 0 Å². The van der Waals surface area contributed by atoms with Gasteiger partial charge in [0, 0.05) is 26.8 Å². The first kappa shape index (κ1) is 24.6. The highest BCUT2D eigenvalue weighted by atomic mass is 32.1. The molecule has 0 radical (unpaired) electrons. The highest BCUT2D eigenvalue weighted by Crippen LogP contribution is 2.45. The van der Waals surface area contributed by atoms with Crippen LogP contribution in [0.25, 0.3) is 53.2 Å². The molecule has 198 valence electrons. The van der Waals surface area contributed by atoms with Crippen molar-refractivity contribution in [3.05, 3.63) is 164 Å². The summed E-state index contributed by atoms with van der Waals surface area (Å²) in [6.45, 7) is 0. The van der Waals surface area contributed by atoms with Crippen molar-refractivity contribution >= 4 is 59.3 Å². The molecular weight excluding hydrogens is 527 g/mol. The Labute approximate surface area is 249 Å². The molecule has 8 rings (SSSR count). The summed E-state index contributed by atoms with van der Waals surface area (Å²) in [7, 11) is 0. The van der Waals surface area contributed by atoms with Crippen molar-refractivity contribution in [1.82, 2.24) is 0 Å². The van der Waals surface area contributed by atoms with Crippen LogP contribution in [-0.4, -0.2) is 0 Å². The molecule has 0 amide bonds. The lowest BCUT2D eigenvalue weighted by molar-refractivity contribution is 1.30. The molecule has 8 aromatic rings. The summed E-state index contributed by atoms with van der Waals surface area (Å²) >= 11 is 1.87. The zero-order chi connectivity index (χ0) is 27.9. The maximum absolute atomic E-state index is 2.43. The molecule has 0 saturated heterocycles. The molecule has 1 heterocycles. The monoisotopic (exact) mass is 553 g/mol. The fourth-order valence-electron chi connectivity index (χ4n) is 5.98. The van der Waals surface area contributed by atoms with E-state index in [1.54, 1.807) is 0 Å². The van der Waals surface area contributed by atoms with Crippen molar-refractivity contribution in [2.75, 3.05) is 4.90 Å². The van der Waals surface area contributed by atoms with Crippen molar-refractivity contribution < 1.29 is 0 Å². The molecule has 0 N–H and O–H groups in total. The molecule has 42 heavy (non-hydrogen) atoms. The number of rotatable bonds is 5. The van der Waals surface area contributed by atoms with Gasteiger partial charge in [0.05, 0.1) is 10.4 Å². The molecule has 2 heteroatoms. The number of nitrogens with zero attached hydrogens (tertiary/aromatic N) is 1. The molecule has 0 aliphatic rings. The molecule has 0 bridgehead atoms. The summed E-state index contributed by atoms with van der Waals surface area (Å²) in [6.07, 6.45) is 0. The second-order valence-electron chi connectivity index (χ2n) is 10.6. The molecule has 0 aliphatic carbocycles. The van der Waals surface area contributed by atoms with E-state index in [2.05, 4.69) is 169 Å². The van der Waals surface area contributed by atoms with E-state index < -0.39 is 0 Å². The summed E-state index contributed by atoms with van der Waals surface area (Å²) in [6, 6.07) is 59.2. The number of fused-ring (bicyclic) bond motifs is 4. The normalized spacial score (nSPS) is 11.3. The molecular formula is C40H27NS. The summed E-state index contributed by atoms with van der Waals surface area (Å²) in [4.78, 5) is 2.43. The van der Waals surface area contributed by atoms with Crippen LogP contribution in [0.3, 0.4) is 0 Å². The molecule has 0 spiro atoms. The lowest BCUT2D eigenvalue weighted by Gasteiger charge is -2.27. The Hall–Kier alpha value is -5.18. The van der Waals surface area contributed by atoms with Gasteiger partial charge in [-0.1, -0.05) is 121 Å². The maximum atomic E-state index is 2.43. The number of thiophene rings is 1. The zero-order valence-electron chi connectivity index (χ0n) is 22.9. The van der Waals surface area contributed by atoms with Crippen LogP contribution in [0.1, 0.15) is 0 Å². The van der Waals surface area contributed by atoms with Gasteiger partial charge in [-0.05, 0) is 75.5 Å². The van der Waals surface area contributed by atoms with E-state index in [4.69, 9.17) is 0 Å². The quantitative estimate of drug-likeness (QED) is 0.205. The van der Waals surface area contributed by atoms with Gasteiger partial charge in [-0.2, -0.15) is 0 Å². The molecule has 7 aromatic carbocycles. The van der Waals surface area contributed by atoms with E-state index in [9.17, 15) is 0 Å². The van der Waals surface area contributed by atoms with Crippen LogP contribution in [0.5, 0.6) is 0 Å². The Balaban J connectivity index is 1.34. The molecule has 0 fully saturated rings. The van der Waals surface area contributed by atoms with Crippen LogP contribution >= 0.6 is 11.3 Å². The van der Waals surface area contributed by atoms with Crippen molar-refractivity contribution in [3.8, 4) is 22.3 Å². The third-order valence-corrected chi connectivity index (χ3v) is 9.23. The van der Waals surface area contributed by atoms with Crippen molar-refractivity contribution in [2.24, 2.45) is 0 Å². The second-order valence-corrected chi connectivity index (χ2v) is 11.7. The van der Waals surface area contributed by atoms with Crippen LogP contribution < -0.4 is 4.90 Å². The Kier molecular flexibility index (Phi) is 6.05. The van der Waals surface area contributed by atoms with Gasteiger partial charge in [0.2, 0.25) is 0 Å². The third-order valence-electron chi connectivity index (χ3n) is 8.02. The largest absolute Gasteiger partial charge is 0.309 e. The van der Waals surface area contributed by atoms with E-state index in [1.165, 1.54) is 58.9 Å². The Morgan fingerprint density at radius 3 is 1.79 bits per heavy atom. The third kappa shape index (κ3) is 4.34. The number of hydrogen-bond donors (Lipinski definition) is 0. The molecule has 0 unspecified atom stereocenters. The van der Waals surface area contributed by atoms with Gasteiger partial charge in [0.15, 0.2) is 0 Å². The minimum atomic E-state index is 1.14. The maximum Gasteiger partial charge on any atom is 0.0640 e. The zero-order valence-corrected chi connectivity index (χ0v) is 23.8. The Morgan fingerprint density at radius 2 is 0.976 bits per heavy atom. The second kappa shape index (κ2) is 10.3. The van der Waals surface area contributed by atoms with E-state index >= 15 is 0 Å². The average Bonchev–Trinajstić information content (AvgIpc) is 3.45. The first-order valence-electron chi connectivity index (χ1n) is 14.3. The van der Waals surface area contributed by atoms with E-state index in [0.717, 1.165) is 11.4 Å². The predicted molar refractivity (Wildman–Crippen MR) is 182 cm³/mol. The van der Waals surface area contributed by atoms with Crippen molar-refractivity contribution in [2.45, 2.75) is 0 Å². The minimum absolute atomic E-state index is 1.14. The predicted octanol–water partition coefficient (Wildman–Crippen LogP) is 12.0. The van der Waals surface area contributed by atoms with Gasteiger partial charge in [-0.3, -0.25) is 0 Å². The van der Waals surface area contributed by atoms with Gasteiger partial charge in [-0.25, -0.2) is 0 Å². The van der Waals surface area contributed by atoms with E-state index in [0.29, 0.717) is 0 Å². The lowest BCUT2D eigenvalue weighted by atomic mass is 10.00. The molecule has 0 atom stereocenters. The summed E-state index contributed by atoms with van der Waals surface area (Å²) in [5, 5.41) is 5.11. The highest BCUT2D eigenvalue weighted by Gasteiger charge is 2.19. The molecule has 1 aromatic heterocycles. The molecule has 0 saturated carbocycles. The Morgan fingerprint density at radius 1 is 0.381 bits per heavy atom. The lowest BCUT2D eigenvalue weighted by Crippen LogP contribution is -2.10. The van der Waals surface area contributed by atoms with Gasteiger partial charge >= 0.3 is 0 Å². The standard InChI is InChI=1S/C40H27NS/c1-2-11-28(12-3-1)31-15-8-17-34(26-31)41(38-21-10-20-37-36-19-6-7-22-39(36)42-40(37)38)35-18-9-16-32(27-35)33-24-23-29-13-4-5-14-30(29)25-33/h1-27H. The van der Waals surface area contributed by atoms with Gasteiger partial charge in [-0.15, -0.1) is 11.3 Å². The average molecular weight is 554 g/mol. The summed E-state index contributed by atoms with van der Waals surface area (Å²) < 4.78 is 2.60. The van der Waals surface area contributed by atoms with Crippen LogP contribution in [-0.2, 0) is 0 Å². The summed E-state index contributed by atoms with van der Waals surface area (Å²) in [5.41, 5.74) is 8.29. The first-order chi connectivity index (χ1) is 20.8. The molecule has 1 nitrogen and oxygen atoms in total. The first-order valence-corrected chi connectivity index (χ1v) is 15.1. The topological polar surface area (TPSA) is 3.24 Å². The summed E-state index contributed by atoms with van der Waals surface area (Å²) in [5.74, 6) is 0. The van der Waals surface area contributed by atoms with Crippen molar-refractivity contribution in [1.29, 1.82) is 0 Å². The minimum Gasteiger partial charge on any atom is -0.309 e. The van der Waals surface area contributed by atoms with Crippen molar-refractivity contribution in [3.63, 3.8) is 0 Å². The molecule has 0 aliphatic heterocycles. The Bertz CT molecular complexity index is 2210. The van der Waals surface area contributed by atoms with Crippen LogP contribution in [0.4, 0.5) is 17.1 Å². The number of benzene rings is 7. The van der Waals surface area contributed by atoms with E-state index in [1.807, 2.05) is 11.3 Å². The van der Waals surface area contributed by atoms with Gasteiger partial charge < -0.3 is 4.90 Å². The smallest absolute Gasteiger partial charge is 0.0640 e. The van der Waals surface area contributed by atoms with E-state index in [-0.39, 0.29) is 0 Å². The van der Waals surface area contributed by atoms with Gasteiger partial charge in [0.1, 0.15) is 0 Å². The number of hydrogen-bond acceptors (Lipinski definition) is 2. The fourth-order valence-corrected chi connectivity index (χ4v) is 7.19. The van der Waals surface area contributed by atoms with Gasteiger partial charge in [0.25, 0.3) is 0 Å². The fraction of sp³-hybridized carbons (Fsp3) is 0.